The van der Waals surface area contributed by atoms with Gasteiger partial charge in [0.1, 0.15) is 5.82 Å². The summed E-state index contributed by atoms with van der Waals surface area (Å²) in [5, 5.41) is 3.07. The standard InChI is InChI=1S/C23H23FN6O3/c1-13-7-8-16(10-17(13)24)30-11-15(9-20(30)31)21(32)33-12-19-27-22(25)29-23(28-19)26-18-6-4-3-5-14(18)2/h3-8,10,15H,9,11-12H2,1-2H3,(H3,25,26,27,28,29)/t15-/m1/s1. The number of esters is 1. The van der Waals surface area contributed by atoms with Crippen LogP contribution in [0.4, 0.5) is 27.7 Å². The number of para-hydroxylation sites is 1. The summed E-state index contributed by atoms with van der Waals surface area (Å²) in [6.45, 7) is 3.46. The Balaban J connectivity index is 1.39. The van der Waals surface area contributed by atoms with Crippen molar-refractivity contribution in [1.82, 2.24) is 15.0 Å². The van der Waals surface area contributed by atoms with Crippen LogP contribution in [0.25, 0.3) is 0 Å². The van der Waals surface area contributed by atoms with Gasteiger partial charge in [0, 0.05) is 24.3 Å². The summed E-state index contributed by atoms with van der Waals surface area (Å²) < 4.78 is 19.2. The molecule has 9 nitrogen and oxygen atoms in total. The Morgan fingerprint density at radius 3 is 2.73 bits per heavy atom. The quantitative estimate of drug-likeness (QED) is 0.549. The van der Waals surface area contributed by atoms with E-state index in [1.54, 1.807) is 19.1 Å². The van der Waals surface area contributed by atoms with Gasteiger partial charge in [-0.2, -0.15) is 15.0 Å². The van der Waals surface area contributed by atoms with Gasteiger partial charge in [0.15, 0.2) is 12.4 Å². The average Bonchev–Trinajstić information content (AvgIpc) is 3.17. The third-order valence-corrected chi connectivity index (χ3v) is 5.36. The number of benzene rings is 2. The van der Waals surface area contributed by atoms with Crippen molar-refractivity contribution in [2.45, 2.75) is 26.9 Å². The highest BCUT2D eigenvalue weighted by Gasteiger charge is 2.36. The first-order valence-corrected chi connectivity index (χ1v) is 10.4. The molecular weight excluding hydrogens is 427 g/mol. The number of rotatable bonds is 6. The van der Waals surface area contributed by atoms with E-state index in [0.29, 0.717) is 11.3 Å². The minimum absolute atomic E-state index is 0.0178. The Morgan fingerprint density at radius 2 is 1.97 bits per heavy atom. The number of nitrogens with two attached hydrogens (primary N) is 1. The van der Waals surface area contributed by atoms with Crippen LogP contribution in [-0.4, -0.2) is 33.4 Å². The van der Waals surface area contributed by atoms with Gasteiger partial charge in [-0.1, -0.05) is 24.3 Å². The molecule has 1 amide bonds. The predicted molar refractivity (Wildman–Crippen MR) is 120 cm³/mol. The van der Waals surface area contributed by atoms with Gasteiger partial charge in [0.05, 0.1) is 5.92 Å². The SMILES string of the molecule is Cc1ccc(N2C[C@H](C(=O)OCc3nc(N)nc(Nc4ccccc4C)n3)CC2=O)cc1F. The van der Waals surface area contributed by atoms with Crippen LogP contribution < -0.4 is 16.0 Å². The number of nitrogens with zero attached hydrogens (tertiary/aromatic N) is 4. The molecule has 2 aromatic carbocycles. The van der Waals surface area contributed by atoms with E-state index in [2.05, 4.69) is 20.3 Å². The van der Waals surface area contributed by atoms with Gasteiger partial charge in [-0.25, -0.2) is 4.39 Å². The number of amides is 1. The van der Waals surface area contributed by atoms with Gasteiger partial charge in [-0.05, 0) is 43.2 Å². The van der Waals surface area contributed by atoms with Crippen molar-refractivity contribution < 1.29 is 18.7 Å². The molecule has 33 heavy (non-hydrogen) atoms. The van der Waals surface area contributed by atoms with Crippen LogP contribution in [0, 0.1) is 25.6 Å². The fourth-order valence-electron chi connectivity index (χ4n) is 3.51. The summed E-state index contributed by atoms with van der Waals surface area (Å²) in [5.74, 6) is -1.53. The van der Waals surface area contributed by atoms with Crippen LogP contribution in [0.2, 0.25) is 0 Å². The van der Waals surface area contributed by atoms with Crippen molar-refractivity contribution in [1.29, 1.82) is 0 Å². The fraction of sp³-hybridized carbons (Fsp3) is 0.261. The zero-order chi connectivity index (χ0) is 23.5. The second-order valence-corrected chi connectivity index (χ2v) is 7.82. The van der Waals surface area contributed by atoms with Crippen molar-refractivity contribution in [2.24, 2.45) is 5.92 Å². The molecule has 1 aliphatic rings. The van der Waals surface area contributed by atoms with Crippen molar-refractivity contribution in [3.8, 4) is 0 Å². The number of nitrogens with one attached hydrogen (secondary N) is 1. The number of aryl methyl sites for hydroxylation is 2. The maximum absolute atomic E-state index is 13.9. The number of halogens is 1. The molecule has 2 heterocycles. The molecule has 10 heteroatoms. The van der Waals surface area contributed by atoms with Crippen LogP contribution in [0.15, 0.2) is 42.5 Å². The zero-order valence-electron chi connectivity index (χ0n) is 18.2. The first kappa shape index (κ1) is 22.1. The van der Waals surface area contributed by atoms with Crippen LogP contribution in [0.5, 0.6) is 0 Å². The molecule has 1 aliphatic heterocycles. The topological polar surface area (TPSA) is 123 Å². The number of ether oxygens (including phenoxy) is 1. The molecule has 3 aromatic rings. The Bertz CT molecular complexity index is 1220. The molecule has 1 saturated heterocycles. The Morgan fingerprint density at radius 1 is 1.18 bits per heavy atom. The number of carbonyl (C=O) groups excluding carboxylic acids is 2. The summed E-state index contributed by atoms with van der Waals surface area (Å²) >= 11 is 0. The fourth-order valence-corrected chi connectivity index (χ4v) is 3.51. The highest BCUT2D eigenvalue weighted by molar-refractivity contribution is 5.99. The number of carbonyl (C=O) groups is 2. The van der Waals surface area contributed by atoms with E-state index >= 15 is 0 Å². The summed E-state index contributed by atoms with van der Waals surface area (Å²) in [6.07, 6.45) is -0.0201. The number of aromatic nitrogens is 3. The van der Waals surface area contributed by atoms with Crippen LogP contribution >= 0.6 is 0 Å². The number of nitrogen functional groups attached to an aromatic ring is 1. The van der Waals surface area contributed by atoms with Gasteiger partial charge < -0.3 is 20.7 Å². The lowest BCUT2D eigenvalue weighted by Gasteiger charge is -2.17. The maximum Gasteiger partial charge on any atom is 0.311 e. The molecule has 0 aliphatic carbocycles. The van der Waals surface area contributed by atoms with Crippen molar-refractivity contribution in [3.05, 3.63) is 65.2 Å². The third-order valence-electron chi connectivity index (χ3n) is 5.36. The molecule has 1 fully saturated rings. The highest BCUT2D eigenvalue weighted by Crippen LogP contribution is 2.27. The van der Waals surface area contributed by atoms with E-state index in [9.17, 15) is 14.0 Å². The smallest absolute Gasteiger partial charge is 0.311 e. The van der Waals surface area contributed by atoms with Gasteiger partial charge in [0.2, 0.25) is 17.8 Å². The Labute approximate surface area is 189 Å². The first-order chi connectivity index (χ1) is 15.8. The Kier molecular flexibility index (Phi) is 6.16. The second-order valence-electron chi connectivity index (χ2n) is 7.82. The average molecular weight is 450 g/mol. The summed E-state index contributed by atoms with van der Waals surface area (Å²) in [7, 11) is 0. The summed E-state index contributed by atoms with van der Waals surface area (Å²) in [4.78, 5) is 38.7. The lowest BCUT2D eigenvalue weighted by molar-refractivity contribution is -0.149. The number of hydrogen-bond donors (Lipinski definition) is 2. The van der Waals surface area contributed by atoms with E-state index in [1.807, 2.05) is 31.2 Å². The molecule has 1 aromatic heterocycles. The number of hydrogen-bond acceptors (Lipinski definition) is 8. The lowest BCUT2D eigenvalue weighted by atomic mass is 10.1. The summed E-state index contributed by atoms with van der Waals surface area (Å²) in [5.41, 5.74) is 8.47. The summed E-state index contributed by atoms with van der Waals surface area (Å²) in [6, 6.07) is 12.1. The normalized spacial score (nSPS) is 15.5. The molecule has 0 bridgehead atoms. The molecule has 0 spiro atoms. The minimum atomic E-state index is -0.675. The van der Waals surface area contributed by atoms with Crippen molar-refractivity contribution >= 4 is 35.1 Å². The van der Waals surface area contributed by atoms with Crippen LogP contribution in [0.3, 0.4) is 0 Å². The van der Waals surface area contributed by atoms with Crippen LogP contribution in [-0.2, 0) is 20.9 Å². The van der Waals surface area contributed by atoms with E-state index in [1.165, 1.54) is 11.0 Å². The van der Waals surface area contributed by atoms with E-state index < -0.39 is 17.7 Å². The predicted octanol–water partition coefficient (Wildman–Crippen LogP) is 3.05. The lowest BCUT2D eigenvalue weighted by Crippen LogP contribution is -2.26. The monoisotopic (exact) mass is 450 g/mol. The third kappa shape index (κ3) is 5.05. The zero-order valence-corrected chi connectivity index (χ0v) is 18.2. The van der Waals surface area contributed by atoms with E-state index in [0.717, 1.165) is 11.3 Å². The van der Waals surface area contributed by atoms with Gasteiger partial charge in [-0.15, -0.1) is 0 Å². The minimum Gasteiger partial charge on any atom is -0.457 e. The molecular formula is C23H23FN6O3. The molecule has 4 rings (SSSR count). The second kappa shape index (κ2) is 9.19. The van der Waals surface area contributed by atoms with Gasteiger partial charge in [-0.3, -0.25) is 9.59 Å². The maximum atomic E-state index is 13.9. The largest absolute Gasteiger partial charge is 0.457 e. The number of anilines is 4. The van der Waals surface area contributed by atoms with E-state index in [4.69, 9.17) is 10.5 Å². The highest BCUT2D eigenvalue weighted by atomic mass is 19.1. The first-order valence-electron chi connectivity index (χ1n) is 10.4. The van der Waals surface area contributed by atoms with Crippen molar-refractivity contribution in [3.63, 3.8) is 0 Å². The van der Waals surface area contributed by atoms with Crippen molar-refractivity contribution in [2.75, 3.05) is 22.5 Å². The Hall–Kier alpha value is -4.08. The molecule has 1 atom stereocenters. The van der Waals surface area contributed by atoms with Gasteiger partial charge in [0.25, 0.3) is 0 Å². The van der Waals surface area contributed by atoms with Gasteiger partial charge >= 0.3 is 5.97 Å². The molecule has 3 N–H and O–H groups in total. The molecule has 0 unspecified atom stereocenters. The van der Waals surface area contributed by atoms with E-state index in [-0.39, 0.29) is 43.2 Å². The molecule has 0 saturated carbocycles. The van der Waals surface area contributed by atoms with Crippen LogP contribution in [0.1, 0.15) is 23.4 Å². The molecule has 170 valence electrons. The molecule has 0 radical (unpaired) electrons.